The second-order valence-electron chi connectivity index (χ2n) is 8.56. The summed E-state index contributed by atoms with van der Waals surface area (Å²) in [6, 6.07) is 3.63. The highest BCUT2D eigenvalue weighted by Crippen LogP contribution is 2.31. The fourth-order valence-corrected chi connectivity index (χ4v) is 3.57. The molecule has 3 N–H and O–H groups in total. The number of carbonyl (C=O) groups is 1. The van der Waals surface area contributed by atoms with Gasteiger partial charge in [-0.25, -0.2) is 4.79 Å². The third-order valence-electron chi connectivity index (χ3n) is 5.38. The normalized spacial score (nSPS) is 28.1. The molecular formula is C26H38N2O9. The maximum atomic E-state index is 11.7. The first-order valence-electron chi connectivity index (χ1n) is 15.7. The third kappa shape index (κ3) is 7.13. The maximum absolute atomic E-state index is 11.7. The average molecular weight is 531 g/mol. The molecule has 1 saturated heterocycles. The summed E-state index contributed by atoms with van der Waals surface area (Å²) in [5.41, 5.74) is -0.580. The monoisotopic (exact) mass is 530 g/mol. The topological polar surface area (TPSA) is 142 Å². The minimum atomic E-state index is -3.13. The minimum absolute atomic E-state index is 0.00622. The molecule has 1 fully saturated rings. The molecule has 5 atom stereocenters. The van der Waals surface area contributed by atoms with Crippen LogP contribution < -0.4 is 9.47 Å². The molecular weight excluding hydrogens is 484 g/mol. The number of hydrogen-bond acceptors (Lipinski definition) is 10. The Morgan fingerprint density at radius 3 is 2.49 bits per heavy atom. The van der Waals surface area contributed by atoms with E-state index in [0.717, 1.165) is 0 Å². The van der Waals surface area contributed by atoms with Gasteiger partial charge in [-0.2, -0.15) is 0 Å². The average Bonchev–Trinajstić information content (AvgIpc) is 3.21. The number of hydrogen-bond donors (Lipinski definition) is 3. The Morgan fingerprint density at radius 2 is 1.86 bits per heavy atom. The van der Waals surface area contributed by atoms with Crippen LogP contribution in [0, 0.1) is 6.92 Å². The Bertz CT molecular complexity index is 1290. The molecule has 0 bridgehead atoms. The molecule has 0 amide bonds. The first-order valence-corrected chi connectivity index (χ1v) is 11.7. The van der Waals surface area contributed by atoms with E-state index in [0.29, 0.717) is 10.4 Å². The number of nitrogens with zero attached hydrogens (tertiary/aromatic N) is 2. The Kier molecular flexibility index (Phi) is 6.55. The quantitative estimate of drug-likeness (QED) is 0.392. The highest BCUT2D eigenvalue weighted by Gasteiger charge is 2.46. The molecule has 0 radical (unpaired) electrons. The van der Waals surface area contributed by atoms with E-state index in [9.17, 15) is 20.1 Å². The van der Waals surface area contributed by atoms with Crippen LogP contribution in [0.15, 0.2) is 24.3 Å². The zero-order chi connectivity index (χ0) is 34.1. The summed E-state index contributed by atoms with van der Waals surface area (Å²) < 4.78 is 92.7. The summed E-state index contributed by atoms with van der Waals surface area (Å²) in [4.78, 5) is 11.7. The van der Waals surface area contributed by atoms with Crippen molar-refractivity contribution >= 4 is 6.16 Å². The van der Waals surface area contributed by atoms with Crippen molar-refractivity contribution in [2.45, 2.75) is 90.6 Å². The predicted octanol–water partition coefficient (Wildman–Crippen LogP) is 2.51. The summed E-state index contributed by atoms with van der Waals surface area (Å²) >= 11 is 0. The van der Waals surface area contributed by atoms with Crippen molar-refractivity contribution in [3.05, 3.63) is 41.1 Å². The molecule has 0 spiro atoms. The molecule has 1 aliphatic rings. The van der Waals surface area contributed by atoms with Crippen molar-refractivity contribution in [3.63, 3.8) is 0 Å². The molecule has 11 nitrogen and oxygen atoms in total. The first-order chi connectivity index (χ1) is 20.7. The zero-order valence-electron chi connectivity index (χ0n) is 29.0. The standard InChI is InChI=1S/C26H38N2O9/c1-7-33-26(32)34-13-20-21(29)22(30)23(31)25(36-20)37-24-19(16(6)28(27-24)14(2)3)12-17-8-10-18(11-9-17)35-15(4)5/h8-11,14-15,20-23,25,29-31H,7,12-13H2,1-6H3/t20-,21-,22+,23-,25+/m1/s1/i2D3,3D3,12D2. The van der Waals surface area contributed by atoms with Gasteiger partial charge in [0.15, 0.2) is 0 Å². The van der Waals surface area contributed by atoms with Crippen LogP contribution in [0.3, 0.4) is 0 Å². The van der Waals surface area contributed by atoms with E-state index in [1.807, 2.05) is 13.8 Å². The fraction of sp³-hybridized carbons (Fsp3) is 0.615. The molecule has 0 unspecified atom stereocenters. The van der Waals surface area contributed by atoms with Gasteiger partial charge in [0, 0.05) is 34.6 Å². The summed E-state index contributed by atoms with van der Waals surface area (Å²) in [5.74, 6) is -0.211. The van der Waals surface area contributed by atoms with E-state index in [4.69, 9.17) is 29.9 Å². The number of aliphatic hydroxyl groups excluding tert-OH is 3. The number of benzene rings is 1. The molecule has 37 heavy (non-hydrogen) atoms. The van der Waals surface area contributed by atoms with E-state index in [1.54, 1.807) is 0 Å². The van der Waals surface area contributed by atoms with E-state index in [1.165, 1.54) is 38.1 Å². The smallest absolute Gasteiger partial charge is 0.491 e. The van der Waals surface area contributed by atoms with Crippen molar-refractivity contribution in [3.8, 4) is 11.6 Å². The lowest BCUT2D eigenvalue weighted by Gasteiger charge is -2.39. The largest absolute Gasteiger partial charge is 0.508 e. The van der Waals surface area contributed by atoms with Crippen molar-refractivity contribution in [2.24, 2.45) is 0 Å². The van der Waals surface area contributed by atoms with Gasteiger partial charge < -0.3 is 39.0 Å². The summed E-state index contributed by atoms with van der Waals surface area (Å²) in [6.07, 6.45) is -12.7. The number of ether oxygens (including phenoxy) is 5. The molecule has 1 aromatic carbocycles. The fourth-order valence-electron chi connectivity index (χ4n) is 3.57. The van der Waals surface area contributed by atoms with Crippen molar-refractivity contribution in [2.75, 3.05) is 13.2 Å². The van der Waals surface area contributed by atoms with Crippen LogP contribution in [0.25, 0.3) is 0 Å². The van der Waals surface area contributed by atoms with Gasteiger partial charge in [0.1, 0.15) is 36.8 Å². The maximum Gasteiger partial charge on any atom is 0.508 e. The Morgan fingerprint density at radius 1 is 1.16 bits per heavy atom. The number of aliphatic hydroxyl groups is 3. The molecule has 206 valence electrons. The van der Waals surface area contributed by atoms with Gasteiger partial charge in [-0.15, -0.1) is 5.10 Å². The van der Waals surface area contributed by atoms with Crippen molar-refractivity contribution in [1.82, 2.24) is 9.78 Å². The SMILES string of the molecule is [2H]C([2H])(c1ccc(OC(C)C)cc1)c1c(O[C@@H]2O[C@H](COC(=O)OCC)[C@@H](O)[C@H](O)[C@H]2O)nn(C(C([2H])([2H])[2H])C([2H])([2H])[2H])c1C. The molecule has 11 heteroatoms. The molecule has 3 rings (SSSR count). The van der Waals surface area contributed by atoms with Crippen LogP contribution in [0.5, 0.6) is 11.6 Å². The molecule has 1 aromatic heterocycles. The summed E-state index contributed by atoms with van der Waals surface area (Å²) in [6.45, 7) is -0.487. The predicted molar refractivity (Wildman–Crippen MR) is 133 cm³/mol. The minimum Gasteiger partial charge on any atom is -0.491 e. The Balaban J connectivity index is 2.11. The second kappa shape index (κ2) is 12.6. The first kappa shape index (κ1) is 19.2. The Hall–Kier alpha value is -2.86. The van der Waals surface area contributed by atoms with Crippen LogP contribution in [0.1, 0.15) is 68.3 Å². The molecule has 1 aliphatic heterocycles. The lowest BCUT2D eigenvalue weighted by Crippen LogP contribution is -2.60. The highest BCUT2D eigenvalue weighted by molar-refractivity contribution is 5.59. The third-order valence-corrected chi connectivity index (χ3v) is 5.38. The highest BCUT2D eigenvalue weighted by atomic mass is 16.7. The van der Waals surface area contributed by atoms with Gasteiger partial charge in [0.2, 0.25) is 12.2 Å². The number of aromatic nitrogens is 2. The molecule has 0 saturated carbocycles. The molecule has 2 aromatic rings. The van der Waals surface area contributed by atoms with Gasteiger partial charge in [-0.05, 0) is 59.1 Å². The van der Waals surface area contributed by atoms with Crippen LogP contribution in [-0.4, -0.2) is 81.3 Å². The van der Waals surface area contributed by atoms with Gasteiger partial charge in [0.25, 0.3) is 0 Å². The van der Waals surface area contributed by atoms with E-state index < -0.39 is 81.0 Å². The number of rotatable bonds is 10. The van der Waals surface area contributed by atoms with Crippen LogP contribution in [-0.2, 0) is 20.6 Å². The second-order valence-corrected chi connectivity index (χ2v) is 8.56. The molecule has 2 heterocycles. The Labute approximate surface area is 228 Å². The zero-order valence-corrected chi connectivity index (χ0v) is 21.0. The van der Waals surface area contributed by atoms with Crippen LogP contribution >= 0.6 is 0 Å². The van der Waals surface area contributed by atoms with Crippen LogP contribution in [0.2, 0.25) is 0 Å². The van der Waals surface area contributed by atoms with Gasteiger partial charge in [0.05, 0.1) is 12.7 Å². The van der Waals surface area contributed by atoms with E-state index >= 15 is 0 Å². The van der Waals surface area contributed by atoms with Gasteiger partial charge in [-0.1, -0.05) is 12.1 Å². The summed E-state index contributed by atoms with van der Waals surface area (Å²) in [5, 5.41) is 35.7. The summed E-state index contributed by atoms with van der Waals surface area (Å²) in [7, 11) is 0. The van der Waals surface area contributed by atoms with Crippen molar-refractivity contribution in [1.29, 1.82) is 0 Å². The lowest BCUT2D eigenvalue weighted by atomic mass is 9.99. The van der Waals surface area contributed by atoms with Gasteiger partial charge in [-0.3, -0.25) is 4.68 Å². The van der Waals surface area contributed by atoms with E-state index in [-0.39, 0.29) is 24.0 Å². The lowest BCUT2D eigenvalue weighted by molar-refractivity contribution is -0.278. The van der Waals surface area contributed by atoms with Gasteiger partial charge >= 0.3 is 6.16 Å². The molecule has 0 aliphatic carbocycles. The number of carbonyl (C=O) groups excluding carboxylic acids is 1. The van der Waals surface area contributed by atoms with Crippen molar-refractivity contribution < 1.29 is 54.8 Å². The van der Waals surface area contributed by atoms with E-state index in [2.05, 4.69) is 9.84 Å². The van der Waals surface area contributed by atoms with Crippen LogP contribution in [0.4, 0.5) is 4.79 Å².